The summed E-state index contributed by atoms with van der Waals surface area (Å²) in [5.41, 5.74) is 0.413. The van der Waals surface area contributed by atoms with E-state index in [1.165, 1.54) is 0 Å². The quantitative estimate of drug-likeness (QED) is 0.678. The number of nitrogens with zero attached hydrogens (tertiary/aromatic N) is 1. The summed E-state index contributed by atoms with van der Waals surface area (Å²) in [4.78, 5) is 11.4. The standard InChI is InChI=1S/C13H16F5NOS/c1-10(19-9-3-2-4-13(19)20)11-5-7-12(8-6-11)21(14,15,16,17)18/h5-8,10H,2-4,9H2,1H3. The van der Waals surface area contributed by atoms with Gasteiger partial charge in [0, 0.05) is 13.0 Å². The van der Waals surface area contributed by atoms with Gasteiger partial charge in [0.1, 0.15) is 4.90 Å². The fraction of sp³-hybridized carbons (Fsp3) is 0.462. The highest BCUT2D eigenvalue weighted by atomic mass is 32.5. The van der Waals surface area contributed by atoms with Crippen molar-refractivity contribution in [2.45, 2.75) is 37.1 Å². The van der Waals surface area contributed by atoms with Gasteiger partial charge in [-0.1, -0.05) is 31.6 Å². The fourth-order valence-electron chi connectivity index (χ4n) is 2.42. The summed E-state index contributed by atoms with van der Waals surface area (Å²) in [5.74, 6) is -0.0643. The molecule has 8 heteroatoms. The molecule has 1 unspecified atom stereocenters. The molecule has 1 fully saturated rings. The SMILES string of the molecule is CC(c1ccc(S(F)(F)(F)(F)F)cc1)N1CCCCC1=O. The largest absolute Gasteiger partial charge is 0.336 e. The van der Waals surface area contributed by atoms with Crippen LogP contribution < -0.4 is 0 Å². The second-order valence-corrected chi connectivity index (χ2v) is 7.67. The molecule has 0 N–H and O–H groups in total. The molecule has 21 heavy (non-hydrogen) atoms. The zero-order valence-corrected chi connectivity index (χ0v) is 12.2. The van der Waals surface area contributed by atoms with Crippen molar-refractivity contribution < 1.29 is 24.2 Å². The van der Waals surface area contributed by atoms with Gasteiger partial charge < -0.3 is 4.90 Å². The van der Waals surface area contributed by atoms with Crippen LogP contribution in [0.1, 0.15) is 37.8 Å². The number of likely N-dealkylation sites (tertiary alicyclic amines) is 1. The number of carbonyl (C=O) groups excluding carboxylic acids is 1. The lowest BCUT2D eigenvalue weighted by Crippen LogP contribution is -2.37. The van der Waals surface area contributed by atoms with Gasteiger partial charge >= 0.3 is 10.2 Å². The molecule has 0 radical (unpaired) electrons. The zero-order valence-electron chi connectivity index (χ0n) is 11.4. The van der Waals surface area contributed by atoms with Crippen molar-refractivity contribution in [3.05, 3.63) is 29.8 Å². The van der Waals surface area contributed by atoms with Crippen molar-refractivity contribution in [1.29, 1.82) is 0 Å². The third-order valence-corrected chi connectivity index (χ3v) is 4.80. The number of hydrogen-bond donors (Lipinski definition) is 0. The van der Waals surface area contributed by atoms with E-state index in [1.807, 2.05) is 0 Å². The first kappa shape index (κ1) is 16.1. The first-order valence-corrected chi connectivity index (χ1v) is 8.47. The van der Waals surface area contributed by atoms with Crippen LogP contribution in [0, 0.1) is 0 Å². The van der Waals surface area contributed by atoms with Gasteiger partial charge in [-0.05, 0) is 37.5 Å². The van der Waals surface area contributed by atoms with Crippen LogP contribution in [0.25, 0.3) is 0 Å². The van der Waals surface area contributed by atoms with Crippen LogP contribution in [0.5, 0.6) is 0 Å². The van der Waals surface area contributed by atoms with Crippen LogP contribution in [0.2, 0.25) is 0 Å². The first-order chi connectivity index (χ1) is 9.38. The molecule has 1 heterocycles. The van der Waals surface area contributed by atoms with E-state index < -0.39 is 21.2 Å². The van der Waals surface area contributed by atoms with Crippen LogP contribution in [0.3, 0.4) is 0 Å². The van der Waals surface area contributed by atoms with Crippen molar-refractivity contribution in [3.63, 3.8) is 0 Å². The summed E-state index contributed by atoms with van der Waals surface area (Å²) in [7, 11) is -9.63. The Morgan fingerprint density at radius 3 is 2.10 bits per heavy atom. The molecule has 1 saturated heterocycles. The van der Waals surface area contributed by atoms with E-state index in [0.717, 1.165) is 25.0 Å². The number of amides is 1. The van der Waals surface area contributed by atoms with Gasteiger partial charge in [0.15, 0.2) is 0 Å². The lowest BCUT2D eigenvalue weighted by Gasteiger charge is -2.40. The minimum atomic E-state index is -9.63. The Balaban J connectivity index is 2.25. The lowest BCUT2D eigenvalue weighted by atomic mass is 10.0. The molecule has 120 valence electrons. The second kappa shape index (κ2) is 4.34. The van der Waals surface area contributed by atoms with Gasteiger partial charge in [-0.2, -0.15) is 0 Å². The van der Waals surface area contributed by atoms with Gasteiger partial charge in [-0.3, -0.25) is 4.79 Å². The van der Waals surface area contributed by atoms with Gasteiger partial charge in [0.25, 0.3) is 0 Å². The van der Waals surface area contributed by atoms with Gasteiger partial charge in [0.2, 0.25) is 5.91 Å². The van der Waals surface area contributed by atoms with Crippen molar-refractivity contribution in [1.82, 2.24) is 4.90 Å². The number of hydrogen-bond acceptors (Lipinski definition) is 1. The minimum absolute atomic E-state index is 0.0643. The zero-order chi connectivity index (χ0) is 16.0. The molecular weight excluding hydrogens is 313 g/mol. The van der Waals surface area contributed by atoms with Gasteiger partial charge in [-0.15, -0.1) is 0 Å². The molecule has 1 atom stereocenters. The molecular formula is C13H16F5NOS. The Kier molecular flexibility index (Phi) is 3.32. The van der Waals surface area contributed by atoms with Crippen molar-refractivity contribution in [3.8, 4) is 0 Å². The number of rotatable bonds is 3. The first-order valence-electron chi connectivity index (χ1n) is 6.52. The highest BCUT2D eigenvalue weighted by Gasteiger charge is 2.65. The Bertz CT molecular complexity index is 554. The summed E-state index contributed by atoms with van der Waals surface area (Å²) in [6.45, 7) is 2.21. The normalized spacial score (nSPS) is 21.6. The van der Waals surface area contributed by atoms with Gasteiger partial charge in [0.05, 0.1) is 6.04 Å². The predicted molar refractivity (Wildman–Crippen MR) is 71.8 cm³/mol. The molecule has 0 aromatic heterocycles. The van der Waals surface area contributed by atoms with E-state index in [2.05, 4.69) is 0 Å². The van der Waals surface area contributed by atoms with E-state index in [4.69, 9.17) is 0 Å². The molecule has 1 aromatic rings. The number of benzene rings is 1. The third-order valence-electron chi connectivity index (χ3n) is 3.64. The Morgan fingerprint density at radius 2 is 1.62 bits per heavy atom. The Morgan fingerprint density at radius 1 is 1.05 bits per heavy atom. The van der Waals surface area contributed by atoms with Crippen LogP contribution in [0.15, 0.2) is 29.2 Å². The highest BCUT2D eigenvalue weighted by Crippen LogP contribution is 3.02. The molecule has 1 aliphatic heterocycles. The summed E-state index contributed by atoms with van der Waals surface area (Å²) in [5, 5.41) is 0. The highest BCUT2D eigenvalue weighted by molar-refractivity contribution is 8.45. The summed E-state index contributed by atoms with van der Waals surface area (Å²) < 4.78 is 63.2. The molecule has 2 nitrogen and oxygen atoms in total. The lowest BCUT2D eigenvalue weighted by molar-refractivity contribution is -0.135. The van der Waals surface area contributed by atoms with E-state index in [1.54, 1.807) is 11.8 Å². The molecule has 1 aliphatic rings. The topological polar surface area (TPSA) is 20.3 Å². The fourth-order valence-corrected chi connectivity index (χ4v) is 3.07. The minimum Gasteiger partial charge on any atom is -0.336 e. The predicted octanol–water partition coefficient (Wildman–Crippen LogP) is 5.42. The van der Waals surface area contributed by atoms with Crippen LogP contribution in [-0.4, -0.2) is 17.4 Å². The number of halogens is 5. The summed E-state index contributed by atoms with van der Waals surface area (Å²) >= 11 is 0. The van der Waals surface area contributed by atoms with Crippen molar-refractivity contribution in [2.75, 3.05) is 6.54 Å². The van der Waals surface area contributed by atoms with E-state index >= 15 is 0 Å². The van der Waals surface area contributed by atoms with Crippen LogP contribution in [-0.2, 0) is 4.79 Å². The maximum absolute atomic E-state index is 12.6. The average Bonchev–Trinajstić information content (AvgIpc) is 2.36. The van der Waals surface area contributed by atoms with E-state index in [0.29, 0.717) is 30.7 Å². The maximum Gasteiger partial charge on any atom is 0.310 e. The summed E-state index contributed by atoms with van der Waals surface area (Å²) in [6, 6.07) is 2.38. The van der Waals surface area contributed by atoms with E-state index in [9.17, 15) is 24.2 Å². The Labute approximate surface area is 119 Å². The van der Waals surface area contributed by atoms with Gasteiger partial charge in [-0.25, -0.2) is 0 Å². The molecule has 0 saturated carbocycles. The monoisotopic (exact) mass is 329 g/mol. The molecule has 1 amide bonds. The van der Waals surface area contributed by atoms with E-state index in [-0.39, 0.29) is 5.91 Å². The maximum atomic E-state index is 12.6. The number of piperidine rings is 1. The van der Waals surface area contributed by atoms with Crippen molar-refractivity contribution in [2.24, 2.45) is 0 Å². The smallest absolute Gasteiger partial charge is 0.310 e. The molecule has 0 spiro atoms. The Hall–Kier alpha value is -1.31. The second-order valence-electron chi connectivity index (χ2n) is 5.26. The number of carbonyl (C=O) groups is 1. The van der Waals surface area contributed by atoms with Crippen LogP contribution >= 0.6 is 10.2 Å². The molecule has 0 bridgehead atoms. The third kappa shape index (κ3) is 3.66. The molecule has 2 rings (SSSR count). The van der Waals surface area contributed by atoms with Crippen LogP contribution in [0.4, 0.5) is 19.4 Å². The van der Waals surface area contributed by atoms with Crippen molar-refractivity contribution >= 4 is 16.1 Å². The molecule has 0 aliphatic carbocycles. The molecule has 1 aromatic carbocycles. The average molecular weight is 329 g/mol. The summed E-state index contributed by atoms with van der Waals surface area (Å²) in [6.07, 6.45) is 2.04.